The van der Waals surface area contributed by atoms with Gasteiger partial charge < -0.3 is 20.9 Å². The van der Waals surface area contributed by atoms with Gasteiger partial charge in [-0.05, 0) is 76.9 Å². The van der Waals surface area contributed by atoms with Crippen molar-refractivity contribution in [3.05, 3.63) is 57.1 Å². The number of H-pyrrole nitrogens is 1. The first-order valence-corrected chi connectivity index (χ1v) is 12.4. The Kier molecular flexibility index (Phi) is 7.36. The van der Waals surface area contributed by atoms with Crippen molar-refractivity contribution in [1.82, 2.24) is 25.4 Å². The van der Waals surface area contributed by atoms with E-state index in [-0.39, 0.29) is 24.1 Å². The topological polar surface area (TPSA) is 104 Å². The molecule has 4 rings (SSSR count). The molecule has 0 aliphatic carbocycles. The zero-order valence-electron chi connectivity index (χ0n) is 20.6. The molecule has 1 amide bonds. The minimum atomic E-state index is -0.204. The number of aromatic nitrogens is 3. The van der Waals surface area contributed by atoms with Crippen LogP contribution in [-0.2, 0) is 13.0 Å². The second-order valence-corrected chi connectivity index (χ2v) is 9.53. The molecular weight excluding hydrogens is 428 g/mol. The van der Waals surface area contributed by atoms with Crippen LogP contribution in [-0.4, -0.2) is 39.8 Å². The Morgan fingerprint density at radius 2 is 2.00 bits per heavy atom. The molecule has 0 unspecified atom stereocenters. The number of hydrogen-bond donors (Lipinski definition) is 4. The number of anilines is 1. The lowest BCUT2D eigenvalue weighted by Crippen LogP contribution is -2.35. The number of carbonyl (C=O) groups is 1. The summed E-state index contributed by atoms with van der Waals surface area (Å²) in [7, 11) is 0. The zero-order chi connectivity index (χ0) is 24.2. The van der Waals surface area contributed by atoms with Crippen LogP contribution < -0.4 is 21.5 Å². The molecule has 1 saturated heterocycles. The molecule has 0 atom stereocenters. The second-order valence-electron chi connectivity index (χ2n) is 9.53. The summed E-state index contributed by atoms with van der Waals surface area (Å²) in [4.78, 5) is 28.9. The highest BCUT2D eigenvalue weighted by Gasteiger charge is 2.20. The Hall–Kier alpha value is -3.13. The van der Waals surface area contributed by atoms with Crippen molar-refractivity contribution in [3.63, 3.8) is 0 Å². The largest absolute Gasteiger partial charge is 0.382 e. The zero-order valence-corrected chi connectivity index (χ0v) is 20.6. The van der Waals surface area contributed by atoms with E-state index in [0.717, 1.165) is 66.6 Å². The summed E-state index contributed by atoms with van der Waals surface area (Å²) in [5, 5.41) is 15.4. The standard InChI is InChI=1S/C26H36N6O2/c1-5-6-18-11-17(4)30-26(34)22(18)14-28-25(33)21-12-20(31-19-7-9-27-10-8-19)13-24-23(21)15-29-32(24)16(2)3/h11-13,15-16,19,27,31H,5-10,14H2,1-4H3,(H,28,33)(H,30,34). The summed E-state index contributed by atoms with van der Waals surface area (Å²) < 4.78 is 1.95. The van der Waals surface area contributed by atoms with Crippen LogP contribution in [0.1, 0.15) is 73.3 Å². The van der Waals surface area contributed by atoms with Gasteiger partial charge in [0.05, 0.1) is 17.3 Å². The van der Waals surface area contributed by atoms with Crippen molar-refractivity contribution in [2.75, 3.05) is 18.4 Å². The number of hydrogen-bond acceptors (Lipinski definition) is 5. The van der Waals surface area contributed by atoms with Crippen molar-refractivity contribution in [2.24, 2.45) is 0 Å². The fraction of sp³-hybridized carbons (Fsp3) is 0.500. The van der Waals surface area contributed by atoms with E-state index in [4.69, 9.17) is 0 Å². The average Bonchev–Trinajstić information content (AvgIpc) is 3.23. The Bertz CT molecular complexity index is 1220. The number of fused-ring (bicyclic) bond motifs is 1. The summed E-state index contributed by atoms with van der Waals surface area (Å²) in [6, 6.07) is 6.54. The number of nitrogens with one attached hydrogen (secondary N) is 4. The lowest BCUT2D eigenvalue weighted by Gasteiger charge is -2.25. The molecule has 1 fully saturated rings. The van der Waals surface area contributed by atoms with E-state index < -0.39 is 0 Å². The minimum Gasteiger partial charge on any atom is -0.382 e. The van der Waals surface area contributed by atoms with Crippen LogP contribution >= 0.6 is 0 Å². The van der Waals surface area contributed by atoms with Crippen molar-refractivity contribution >= 4 is 22.5 Å². The third-order valence-electron chi connectivity index (χ3n) is 6.47. The minimum absolute atomic E-state index is 0.136. The molecule has 34 heavy (non-hydrogen) atoms. The number of carbonyl (C=O) groups excluding carboxylic acids is 1. The quantitative estimate of drug-likeness (QED) is 0.407. The molecule has 0 spiro atoms. The Morgan fingerprint density at radius 3 is 2.71 bits per heavy atom. The normalized spacial score (nSPS) is 14.6. The van der Waals surface area contributed by atoms with E-state index in [0.29, 0.717) is 17.2 Å². The van der Waals surface area contributed by atoms with Crippen LogP contribution in [0.15, 0.2) is 29.2 Å². The van der Waals surface area contributed by atoms with Gasteiger partial charge in [-0.15, -0.1) is 0 Å². The van der Waals surface area contributed by atoms with Gasteiger partial charge >= 0.3 is 0 Å². The van der Waals surface area contributed by atoms with Crippen molar-refractivity contribution in [1.29, 1.82) is 0 Å². The van der Waals surface area contributed by atoms with Gasteiger partial charge in [0.15, 0.2) is 0 Å². The molecule has 8 heteroatoms. The number of aryl methyl sites for hydroxylation is 2. The van der Waals surface area contributed by atoms with E-state index in [1.165, 1.54) is 0 Å². The molecule has 1 aliphatic rings. The molecule has 1 aliphatic heterocycles. The molecule has 1 aromatic carbocycles. The third kappa shape index (κ3) is 5.17. The molecule has 0 bridgehead atoms. The first-order chi connectivity index (χ1) is 16.4. The van der Waals surface area contributed by atoms with E-state index >= 15 is 0 Å². The van der Waals surface area contributed by atoms with E-state index in [2.05, 4.69) is 52.9 Å². The molecule has 182 valence electrons. The van der Waals surface area contributed by atoms with E-state index in [9.17, 15) is 9.59 Å². The first kappa shape index (κ1) is 24.0. The first-order valence-electron chi connectivity index (χ1n) is 12.4. The highest BCUT2D eigenvalue weighted by molar-refractivity contribution is 6.07. The molecule has 0 radical (unpaired) electrons. The van der Waals surface area contributed by atoms with Crippen LogP contribution in [0.2, 0.25) is 0 Å². The van der Waals surface area contributed by atoms with Crippen LogP contribution in [0.25, 0.3) is 10.9 Å². The Labute approximate surface area is 200 Å². The van der Waals surface area contributed by atoms with Crippen LogP contribution in [0, 0.1) is 6.92 Å². The van der Waals surface area contributed by atoms with Gasteiger partial charge in [0.2, 0.25) is 0 Å². The summed E-state index contributed by atoms with van der Waals surface area (Å²) in [5.41, 5.74) is 4.74. The maximum Gasteiger partial charge on any atom is 0.253 e. The number of amides is 1. The average molecular weight is 465 g/mol. The summed E-state index contributed by atoms with van der Waals surface area (Å²) in [5.74, 6) is -0.204. The van der Waals surface area contributed by atoms with Gasteiger partial charge in [-0.3, -0.25) is 14.3 Å². The smallest absolute Gasteiger partial charge is 0.253 e. The molecule has 3 aromatic rings. The lowest BCUT2D eigenvalue weighted by atomic mass is 10.0. The summed E-state index contributed by atoms with van der Waals surface area (Å²) >= 11 is 0. The number of piperidine rings is 1. The molecular formula is C26H36N6O2. The van der Waals surface area contributed by atoms with Crippen molar-refractivity contribution in [3.8, 4) is 0 Å². The van der Waals surface area contributed by atoms with Crippen molar-refractivity contribution in [2.45, 2.75) is 72.0 Å². The SMILES string of the molecule is CCCc1cc(C)[nH]c(=O)c1CNC(=O)c1cc(NC2CCNCC2)cc2c1cnn2C(C)C. The van der Waals surface area contributed by atoms with Crippen LogP contribution in [0.5, 0.6) is 0 Å². The number of benzene rings is 1. The maximum atomic E-state index is 13.4. The third-order valence-corrected chi connectivity index (χ3v) is 6.47. The van der Waals surface area contributed by atoms with Crippen molar-refractivity contribution < 1.29 is 4.79 Å². The number of pyridine rings is 1. The lowest BCUT2D eigenvalue weighted by molar-refractivity contribution is 0.0952. The van der Waals surface area contributed by atoms with Gasteiger partial charge in [-0.25, -0.2) is 0 Å². The summed E-state index contributed by atoms with van der Waals surface area (Å²) in [6.07, 6.45) is 5.58. The van der Waals surface area contributed by atoms with Crippen LogP contribution in [0.3, 0.4) is 0 Å². The van der Waals surface area contributed by atoms with Gasteiger partial charge in [-0.2, -0.15) is 5.10 Å². The van der Waals surface area contributed by atoms with E-state index in [1.807, 2.05) is 23.7 Å². The highest BCUT2D eigenvalue weighted by Crippen LogP contribution is 2.27. The van der Waals surface area contributed by atoms with Crippen LogP contribution in [0.4, 0.5) is 5.69 Å². The maximum absolute atomic E-state index is 13.4. The predicted molar refractivity (Wildman–Crippen MR) is 137 cm³/mol. The second kappa shape index (κ2) is 10.4. The number of nitrogens with zero attached hydrogens (tertiary/aromatic N) is 2. The number of rotatable bonds is 8. The molecule has 4 N–H and O–H groups in total. The predicted octanol–water partition coefficient (Wildman–Crippen LogP) is 3.66. The van der Waals surface area contributed by atoms with Gasteiger partial charge in [0.25, 0.3) is 11.5 Å². The molecule has 2 aromatic heterocycles. The Balaban J connectivity index is 1.65. The Morgan fingerprint density at radius 1 is 1.24 bits per heavy atom. The van der Waals surface area contributed by atoms with Gasteiger partial charge in [0, 0.05) is 41.0 Å². The summed E-state index contributed by atoms with van der Waals surface area (Å²) in [6.45, 7) is 10.3. The fourth-order valence-electron chi connectivity index (χ4n) is 4.76. The fourth-order valence-corrected chi connectivity index (χ4v) is 4.76. The number of aromatic amines is 1. The van der Waals surface area contributed by atoms with E-state index in [1.54, 1.807) is 6.20 Å². The monoisotopic (exact) mass is 464 g/mol. The van der Waals surface area contributed by atoms with Gasteiger partial charge in [0.1, 0.15) is 0 Å². The molecule has 0 saturated carbocycles. The highest BCUT2D eigenvalue weighted by atomic mass is 16.1. The molecule has 3 heterocycles. The molecule has 8 nitrogen and oxygen atoms in total. The van der Waals surface area contributed by atoms with Gasteiger partial charge in [-0.1, -0.05) is 13.3 Å².